The van der Waals surface area contributed by atoms with E-state index in [1.807, 2.05) is 12.1 Å². The molecule has 2 aliphatic rings. The van der Waals surface area contributed by atoms with Crippen LogP contribution in [0.15, 0.2) is 28.7 Å². The number of rotatable bonds is 6. The smallest absolute Gasteiger partial charge is 0.230 e. The third kappa shape index (κ3) is 4.87. The van der Waals surface area contributed by atoms with Crippen LogP contribution in [0.1, 0.15) is 44.6 Å². The average Bonchev–Trinajstić information content (AvgIpc) is 2.68. The Labute approximate surface area is 165 Å². The predicted octanol–water partition coefficient (Wildman–Crippen LogP) is 3.74. The molecule has 3 rings (SSSR count). The number of hydrogen-bond acceptors (Lipinski definition) is 3. The second-order valence-electron chi connectivity index (χ2n) is 7.88. The van der Waals surface area contributed by atoms with Crippen LogP contribution in [0.2, 0.25) is 0 Å². The lowest BCUT2D eigenvalue weighted by Gasteiger charge is -2.37. The lowest BCUT2D eigenvalue weighted by molar-refractivity contribution is -0.130. The second kappa shape index (κ2) is 9.34. The summed E-state index contributed by atoms with van der Waals surface area (Å²) in [6.07, 6.45) is 5.48. The van der Waals surface area contributed by atoms with Crippen LogP contribution >= 0.6 is 15.9 Å². The van der Waals surface area contributed by atoms with E-state index in [0.29, 0.717) is 19.1 Å². The Bertz CT molecular complexity index is 578. The first-order valence-electron chi connectivity index (χ1n) is 9.95. The molecule has 0 bridgehead atoms. The van der Waals surface area contributed by atoms with Crippen molar-refractivity contribution in [2.45, 2.75) is 44.4 Å². The number of amides is 1. The molecule has 2 fully saturated rings. The molecule has 0 radical (unpaired) electrons. The molecule has 1 aromatic carbocycles. The van der Waals surface area contributed by atoms with Gasteiger partial charge in [0.25, 0.3) is 0 Å². The van der Waals surface area contributed by atoms with Gasteiger partial charge in [-0.15, -0.1) is 0 Å². The summed E-state index contributed by atoms with van der Waals surface area (Å²) in [5.74, 6) is 0.632. The Hall–Kier alpha value is -0.910. The van der Waals surface area contributed by atoms with Crippen molar-refractivity contribution in [1.29, 1.82) is 0 Å². The first-order chi connectivity index (χ1) is 12.6. The molecular weight excluding hydrogens is 392 g/mol. The molecule has 1 N–H and O–H groups in total. The summed E-state index contributed by atoms with van der Waals surface area (Å²) in [6, 6.07) is 8.20. The van der Waals surface area contributed by atoms with Gasteiger partial charge in [-0.25, -0.2) is 0 Å². The zero-order valence-electron chi connectivity index (χ0n) is 15.8. The number of hydrogen-bond donors (Lipinski definition) is 1. The number of piperidine rings is 1. The van der Waals surface area contributed by atoms with Crippen LogP contribution in [-0.4, -0.2) is 50.2 Å². The fraction of sp³-hybridized carbons (Fsp3) is 0.667. The fourth-order valence-electron chi connectivity index (χ4n) is 4.22. The van der Waals surface area contributed by atoms with Crippen LogP contribution in [0, 0.1) is 5.92 Å². The molecule has 1 atom stereocenters. The minimum Gasteiger partial charge on any atom is -0.381 e. The van der Waals surface area contributed by atoms with Crippen molar-refractivity contribution in [2.75, 3.05) is 39.4 Å². The number of benzene rings is 1. The van der Waals surface area contributed by atoms with Gasteiger partial charge in [-0.2, -0.15) is 0 Å². The van der Waals surface area contributed by atoms with Crippen molar-refractivity contribution >= 4 is 21.8 Å². The molecule has 1 aromatic rings. The molecule has 2 saturated heterocycles. The molecule has 1 amide bonds. The normalized spacial score (nSPS) is 21.9. The molecule has 4 nitrogen and oxygen atoms in total. The number of carbonyl (C=O) groups excluding carboxylic acids is 1. The minimum absolute atomic E-state index is 0.161. The summed E-state index contributed by atoms with van der Waals surface area (Å²) in [5, 5.41) is 3.26. The first kappa shape index (κ1) is 19.8. The topological polar surface area (TPSA) is 41.6 Å². The van der Waals surface area contributed by atoms with Gasteiger partial charge in [-0.1, -0.05) is 41.4 Å². The molecule has 0 aliphatic carbocycles. The maximum Gasteiger partial charge on any atom is 0.230 e. The Morgan fingerprint density at radius 1 is 1.19 bits per heavy atom. The van der Waals surface area contributed by atoms with Crippen molar-refractivity contribution in [3.8, 4) is 0 Å². The van der Waals surface area contributed by atoms with Gasteiger partial charge in [-0.05, 0) is 62.4 Å². The number of ether oxygens (including phenoxy) is 1. The van der Waals surface area contributed by atoms with Gasteiger partial charge in [0.05, 0.1) is 5.41 Å². The van der Waals surface area contributed by atoms with Gasteiger partial charge in [-0.3, -0.25) is 4.79 Å². The molecular formula is C21H31BrN2O2. The van der Waals surface area contributed by atoms with E-state index in [9.17, 15) is 4.79 Å². The molecule has 1 unspecified atom stereocenters. The van der Waals surface area contributed by atoms with E-state index < -0.39 is 5.41 Å². The third-order valence-electron chi connectivity index (χ3n) is 5.81. The maximum atomic E-state index is 13.2. The second-order valence-corrected chi connectivity index (χ2v) is 8.79. The summed E-state index contributed by atoms with van der Waals surface area (Å²) in [5.41, 5.74) is 0.647. The highest BCUT2D eigenvalue weighted by atomic mass is 79.9. The predicted molar refractivity (Wildman–Crippen MR) is 108 cm³/mol. The number of carbonyl (C=O) groups is 1. The highest BCUT2D eigenvalue weighted by Crippen LogP contribution is 2.35. The molecule has 26 heavy (non-hydrogen) atoms. The van der Waals surface area contributed by atoms with E-state index in [-0.39, 0.29) is 5.91 Å². The maximum absolute atomic E-state index is 13.2. The van der Waals surface area contributed by atoms with Crippen LogP contribution in [0.5, 0.6) is 0 Å². The van der Waals surface area contributed by atoms with Gasteiger partial charge < -0.3 is 15.0 Å². The zero-order valence-corrected chi connectivity index (χ0v) is 17.4. The lowest BCUT2D eigenvalue weighted by atomic mass is 9.73. The molecule has 0 aromatic heterocycles. The Morgan fingerprint density at radius 2 is 1.85 bits per heavy atom. The van der Waals surface area contributed by atoms with Crippen molar-refractivity contribution < 1.29 is 9.53 Å². The molecule has 2 aliphatic heterocycles. The van der Waals surface area contributed by atoms with E-state index in [1.54, 1.807) is 0 Å². The number of nitrogens with one attached hydrogen (secondary N) is 1. The molecule has 144 valence electrons. The van der Waals surface area contributed by atoms with E-state index in [4.69, 9.17) is 4.74 Å². The summed E-state index contributed by atoms with van der Waals surface area (Å²) in [7, 11) is 0. The van der Waals surface area contributed by atoms with Gasteiger partial charge in [0.2, 0.25) is 5.91 Å². The summed E-state index contributed by atoms with van der Waals surface area (Å²) >= 11 is 3.49. The first-order valence-corrected chi connectivity index (χ1v) is 10.7. The SMILES string of the molecule is CC(CNC(=O)C1(c2ccc(Br)cc2)CCOCC1)CN1CCCCC1. The van der Waals surface area contributed by atoms with Gasteiger partial charge in [0.15, 0.2) is 0 Å². The van der Waals surface area contributed by atoms with Gasteiger partial charge in [0, 0.05) is 30.8 Å². The van der Waals surface area contributed by atoms with Crippen LogP contribution < -0.4 is 5.32 Å². The minimum atomic E-state index is -0.455. The zero-order chi connectivity index (χ0) is 18.4. The van der Waals surface area contributed by atoms with E-state index in [2.05, 4.69) is 45.2 Å². The van der Waals surface area contributed by atoms with E-state index in [1.165, 1.54) is 32.4 Å². The van der Waals surface area contributed by atoms with E-state index >= 15 is 0 Å². The van der Waals surface area contributed by atoms with Crippen LogP contribution in [-0.2, 0) is 14.9 Å². The van der Waals surface area contributed by atoms with Crippen LogP contribution in [0.3, 0.4) is 0 Å². The molecule has 2 heterocycles. The highest BCUT2D eigenvalue weighted by Gasteiger charge is 2.41. The number of nitrogens with zero attached hydrogens (tertiary/aromatic N) is 1. The van der Waals surface area contributed by atoms with Crippen molar-refractivity contribution in [1.82, 2.24) is 10.2 Å². The van der Waals surface area contributed by atoms with Crippen molar-refractivity contribution in [3.63, 3.8) is 0 Å². The fourth-order valence-corrected chi connectivity index (χ4v) is 4.48. The van der Waals surface area contributed by atoms with Crippen molar-refractivity contribution in [3.05, 3.63) is 34.3 Å². The number of likely N-dealkylation sites (tertiary alicyclic amines) is 1. The summed E-state index contributed by atoms with van der Waals surface area (Å²) in [6.45, 7) is 7.77. The third-order valence-corrected chi connectivity index (χ3v) is 6.34. The number of halogens is 1. The van der Waals surface area contributed by atoms with Crippen LogP contribution in [0.25, 0.3) is 0 Å². The molecule has 5 heteroatoms. The quantitative estimate of drug-likeness (QED) is 0.758. The molecule has 0 saturated carbocycles. The average molecular weight is 423 g/mol. The van der Waals surface area contributed by atoms with Gasteiger partial charge in [0.1, 0.15) is 0 Å². The monoisotopic (exact) mass is 422 g/mol. The Kier molecular flexibility index (Phi) is 7.12. The van der Waals surface area contributed by atoms with Gasteiger partial charge >= 0.3 is 0 Å². The highest BCUT2D eigenvalue weighted by molar-refractivity contribution is 9.10. The Morgan fingerprint density at radius 3 is 2.50 bits per heavy atom. The van der Waals surface area contributed by atoms with Crippen molar-refractivity contribution in [2.24, 2.45) is 5.92 Å². The molecule has 0 spiro atoms. The standard InChI is InChI=1S/C21H31BrN2O2/c1-17(16-24-11-3-2-4-12-24)15-23-20(25)21(9-13-26-14-10-21)18-5-7-19(22)8-6-18/h5-8,17H,2-4,9-16H2,1H3,(H,23,25). The largest absolute Gasteiger partial charge is 0.381 e. The summed E-state index contributed by atoms with van der Waals surface area (Å²) in [4.78, 5) is 15.8. The van der Waals surface area contributed by atoms with Crippen LogP contribution in [0.4, 0.5) is 0 Å². The summed E-state index contributed by atoms with van der Waals surface area (Å²) < 4.78 is 6.59. The van der Waals surface area contributed by atoms with E-state index in [0.717, 1.165) is 36.0 Å². The Balaban J connectivity index is 1.61. The lowest BCUT2D eigenvalue weighted by Crippen LogP contribution is -2.49.